The van der Waals surface area contributed by atoms with E-state index in [9.17, 15) is 18.0 Å². The summed E-state index contributed by atoms with van der Waals surface area (Å²) in [4.78, 5) is 13.4. The number of thiocarbonyl (C=S) groups is 1. The third kappa shape index (κ3) is 5.87. The summed E-state index contributed by atoms with van der Waals surface area (Å²) in [6.45, 7) is 2.47. The topological polar surface area (TPSA) is 50.8 Å². The average molecular weight is 473 g/mol. The third-order valence-corrected chi connectivity index (χ3v) is 5.25. The van der Waals surface area contributed by atoms with Crippen LogP contribution < -0.4 is 10.1 Å². The zero-order valence-electron chi connectivity index (χ0n) is 16.6. The molecule has 1 aliphatic heterocycles. The van der Waals surface area contributed by atoms with Gasteiger partial charge in [0.1, 0.15) is 18.5 Å². The zero-order chi connectivity index (χ0) is 22.5. The predicted molar refractivity (Wildman–Crippen MR) is 115 cm³/mol. The van der Waals surface area contributed by atoms with Crippen LogP contribution in [0.4, 0.5) is 18.9 Å². The SMILES string of the molecule is CCC(=O)c1cc(F)c(OCC2CN(C(=S)Nc3cc(Cl)ccc3F)CCO2)c(F)c1. The van der Waals surface area contributed by atoms with Crippen molar-refractivity contribution >= 4 is 40.4 Å². The summed E-state index contributed by atoms with van der Waals surface area (Å²) in [6, 6.07) is 5.98. The van der Waals surface area contributed by atoms with E-state index in [-0.39, 0.29) is 41.7 Å². The number of ketones is 1. The van der Waals surface area contributed by atoms with E-state index in [4.69, 9.17) is 33.3 Å². The van der Waals surface area contributed by atoms with E-state index < -0.39 is 29.3 Å². The number of benzene rings is 2. The highest BCUT2D eigenvalue weighted by atomic mass is 35.5. The van der Waals surface area contributed by atoms with Crippen LogP contribution in [0.1, 0.15) is 23.7 Å². The number of nitrogens with one attached hydrogen (secondary N) is 1. The predicted octanol–water partition coefficient (Wildman–Crippen LogP) is 4.83. The van der Waals surface area contributed by atoms with E-state index in [2.05, 4.69) is 5.32 Å². The van der Waals surface area contributed by atoms with Crippen molar-refractivity contribution in [3.05, 3.63) is 58.4 Å². The molecular formula is C21H20ClF3N2O3S. The second-order valence-corrected chi connectivity index (χ2v) is 7.67. The number of ether oxygens (including phenoxy) is 2. The molecular weight excluding hydrogens is 453 g/mol. The van der Waals surface area contributed by atoms with E-state index in [0.29, 0.717) is 18.2 Å². The van der Waals surface area contributed by atoms with Crippen molar-refractivity contribution in [2.45, 2.75) is 19.4 Å². The molecule has 5 nitrogen and oxygen atoms in total. The van der Waals surface area contributed by atoms with Crippen molar-refractivity contribution in [3.8, 4) is 5.75 Å². The quantitative estimate of drug-likeness (QED) is 0.480. The van der Waals surface area contributed by atoms with Gasteiger partial charge in [-0.15, -0.1) is 0 Å². The highest BCUT2D eigenvalue weighted by Crippen LogP contribution is 2.25. The number of morpholine rings is 1. The van der Waals surface area contributed by atoms with Gasteiger partial charge in [-0.25, -0.2) is 13.2 Å². The lowest BCUT2D eigenvalue weighted by atomic mass is 10.1. The van der Waals surface area contributed by atoms with E-state index in [1.54, 1.807) is 11.8 Å². The molecule has 3 rings (SSSR count). The second-order valence-electron chi connectivity index (χ2n) is 6.85. The summed E-state index contributed by atoms with van der Waals surface area (Å²) >= 11 is 11.2. The Morgan fingerprint density at radius 3 is 2.65 bits per heavy atom. The van der Waals surface area contributed by atoms with Crippen molar-refractivity contribution in [1.82, 2.24) is 4.90 Å². The maximum Gasteiger partial charge on any atom is 0.190 e. The number of carbonyl (C=O) groups is 1. The molecule has 0 amide bonds. The number of Topliss-reactive ketones (excluding diaryl/α,β-unsaturated/α-hetero) is 1. The molecule has 0 aliphatic carbocycles. The van der Waals surface area contributed by atoms with Crippen LogP contribution >= 0.6 is 23.8 Å². The fraction of sp³-hybridized carbons (Fsp3) is 0.333. The summed E-state index contributed by atoms with van der Waals surface area (Å²) in [5.74, 6) is -3.37. The lowest BCUT2D eigenvalue weighted by Gasteiger charge is -2.34. The van der Waals surface area contributed by atoms with Crippen LogP contribution in [0, 0.1) is 17.5 Å². The molecule has 31 heavy (non-hydrogen) atoms. The van der Waals surface area contributed by atoms with Crippen LogP contribution in [-0.4, -0.2) is 48.2 Å². The summed E-state index contributed by atoms with van der Waals surface area (Å²) in [7, 11) is 0. The number of hydrogen-bond acceptors (Lipinski definition) is 4. The van der Waals surface area contributed by atoms with E-state index >= 15 is 0 Å². The van der Waals surface area contributed by atoms with Crippen LogP contribution in [0.3, 0.4) is 0 Å². The van der Waals surface area contributed by atoms with E-state index in [1.165, 1.54) is 18.2 Å². The smallest absolute Gasteiger partial charge is 0.190 e. The average Bonchev–Trinajstić information content (AvgIpc) is 2.75. The first-order chi connectivity index (χ1) is 14.8. The van der Waals surface area contributed by atoms with Gasteiger partial charge in [0.25, 0.3) is 0 Å². The first-order valence-electron chi connectivity index (χ1n) is 9.56. The molecule has 166 valence electrons. The molecule has 0 bridgehead atoms. The van der Waals surface area contributed by atoms with Crippen molar-refractivity contribution in [2.75, 3.05) is 31.6 Å². The fourth-order valence-electron chi connectivity index (χ4n) is 3.03. The minimum Gasteiger partial charge on any atom is -0.485 e. The number of anilines is 1. The molecule has 1 N–H and O–H groups in total. The summed E-state index contributed by atoms with van der Waals surface area (Å²) < 4.78 is 53.3. The van der Waals surface area contributed by atoms with Gasteiger partial charge < -0.3 is 19.7 Å². The summed E-state index contributed by atoms with van der Waals surface area (Å²) in [5.41, 5.74) is 0.0947. The first-order valence-corrected chi connectivity index (χ1v) is 10.3. The molecule has 2 aromatic rings. The number of rotatable bonds is 6. The molecule has 1 unspecified atom stereocenters. The minimum absolute atomic E-state index is 0.0467. The molecule has 0 saturated carbocycles. The minimum atomic E-state index is -0.960. The van der Waals surface area contributed by atoms with E-state index in [0.717, 1.165) is 12.1 Å². The summed E-state index contributed by atoms with van der Waals surface area (Å²) in [6.07, 6.45) is -0.397. The van der Waals surface area contributed by atoms with Crippen LogP contribution in [0.5, 0.6) is 5.75 Å². The van der Waals surface area contributed by atoms with Crippen LogP contribution in [0.2, 0.25) is 5.02 Å². The number of nitrogens with zero attached hydrogens (tertiary/aromatic N) is 1. The Hall–Kier alpha value is -2.36. The molecule has 10 heteroatoms. The van der Waals surface area contributed by atoms with Crippen molar-refractivity contribution in [3.63, 3.8) is 0 Å². The summed E-state index contributed by atoms with van der Waals surface area (Å²) in [5, 5.41) is 3.42. The Bertz CT molecular complexity index is 969. The van der Waals surface area contributed by atoms with Gasteiger partial charge in [-0.2, -0.15) is 0 Å². The lowest BCUT2D eigenvalue weighted by Crippen LogP contribution is -2.49. The molecule has 1 heterocycles. The van der Waals surface area contributed by atoms with Crippen LogP contribution in [0.15, 0.2) is 30.3 Å². The highest BCUT2D eigenvalue weighted by molar-refractivity contribution is 7.80. The molecule has 2 aromatic carbocycles. The second kappa shape index (κ2) is 10.3. The van der Waals surface area contributed by atoms with Gasteiger partial charge in [0.2, 0.25) is 0 Å². The molecule has 1 saturated heterocycles. The normalized spacial score (nSPS) is 16.2. The largest absolute Gasteiger partial charge is 0.485 e. The molecule has 0 radical (unpaired) electrons. The third-order valence-electron chi connectivity index (χ3n) is 4.65. The van der Waals surface area contributed by atoms with Crippen LogP contribution in [-0.2, 0) is 4.74 Å². The Balaban J connectivity index is 1.61. The lowest BCUT2D eigenvalue weighted by molar-refractivity contribution is -0.0291. The highest BCUT2D eigenvalue weighted by Gasteiger charge is 2.25. The van der Waals surface area contributed by atoms with Gasteiger partial charge in [0, 0.05) is 30.1 Å². The van der Waals surface area contributed by atoms with Crippen molar-refractivity contribution in [1.29, 1.82) is 0 Å². The van der Waals surface area contributed by atoms with Gasteiger partial charge in [-0.3, -0.25) is 4.79 Å². The Kier molecular flexibility index (Phi) is 7.74. The van der Waals surface area contributed by atoms with Crippen molar-refractivity contribution < 1.29 is 27.4 Å². The molecule has 1 fully saturated rings. The van der Waals surface area contributed by atoms with Gasteiger partial charge in [0.15, 0.2) is 28.3 Å². The first kappa shape index (κ1) is 23.3. The number of carbonyl (C=O) groups excluding carboxylic acids is 1. The van der Waals surface area contributed by atoms with E-state index in [1.807, 2.05) is 0 Å². The number of hydrogen-bond donors (Lipinski definition) is 1. The zero-order valence-corrected chi connectivity index (χ0v) is 18.2. The van der Waals surface area contributed by atoms with Gasteiger partial charge >= 0.3 is 0 Å². The van der Waals surface area contributed by atoms with Gasteiger partial charge in [0.05, 0.1) is 12.3 Å². The molecule has 0 spiro atoms. The van der Waals surface area contributed by atoms with Crippen LogP contribution in [0.25, 0.3) is 0 Å². The number of halogens is 4. The Morgan fingerprint density at radius 2 is 1.97 bits per heavy atom. The van der Waals surface area contributed by atoms with Gasteiger partial charge in [-0.1, -0.05) is 18.5 Å². The van der Waals surface area contributed by atoms with Crippen molar-refractivity contribution in [2.24, 2.45) is 0 Å². The molecule has 1 aliphatic rings. The van der Waals surface area contributed by atoms with Gasteiger partial charge in [-0.05, 0) is 42.5 Å². The Morgan fingerprint density at radius 1 is 1.26 bits per heavy atom. The standard InChI is InChI=1S/C21H20ClF3N2O3S/c1-2-19(28)12-7-16(24)20(17(25)8-12)30-11-14-10-27(5-6-29-14)21(31)26-18-9-13(22)3-4-15(18)23/h3-4,7-9,14H,2,5-6,10-11H2,1H3,(H,26,31). The molecule has 0 aromatic heterocycles. The molecule has 1 atom stereocenters. The maximum absolute atomic E-state index is 14.2. The fourth-order valence-corrected chi connectivity index (χ4v) is 3.48. The Labute approximate surface area is 188 Å². The maximum atomic E-state index is 14.2. The monoisotopic (exact) mass is 472 g/mol.